The number of aryl methyl sites for hydroxylation is 1. The maximum Gasteiger partial charge on any atom is 0.245 e. The van der Waals surface area contributed by atoms with Crippen LogP contribution in [0.4, 0.5) is 4.39 Å². The van der Waals surface area contributed by atoms with Crippen molar-refractivity contribution in [3.8, 4) is 0 Å². The quantitative estimate of drug-likeness (QED) is 0.777. The van der Waals surface area contributed by atoms with E-state index in [9.17, 15) is 17.6 Å². The van der Waals surface area contributed by atoms with Crippen molar-refractivity contribution in [1.82, 2.24) is 25.5 Å². The number of tetrazole rings is 1. The highest BCUT2D eigenvalue weighted by molar-refractivity contribution is 7.91. The van der Waals surface area contributed by atoms with Crippen molar-refractivity contribution in [3.63, 3.8) is 0 Å². The molecule has 1 amide bonds. The summed E-state index contributed by atoms with van der Waals surface area (Å²) in [7, 11) is -2.94. The van der Waals surface area contributed by atoms with Crippen LogP contribution in [-0.2, 0) is 21.1 Å². The molecule has 1 unspecified atom stereocenters. The van der Waals surface area contributed by atoms with Gasteiger partial charge in [-0.15, -0.1) is 5.10 Å². The summed E-state index contributed by atoms with van der Waals surface area (Å²) in [5.41, 5.74) is 0.661. The molecular weight excluding hydrogens is 373 g/mol. The molecule has 0 spiro atoms. The third-order valence-electron chi connectivity index (χ3n) is 4.81. The molecule has 0 saturated carbocycles. The van der Waals surface area contributed by atoms with Crippen LogP contribution >= 0.6 is 0 Å². The highest BCUT2D eigenvalue weighted by Gasteiger charge is 2.27. The van der Waals surface area contributed by atoms with Crippen molar-refractivity contribution < 1.29 is 17.6 Å². The van der Waals surface area contributed by atoms with E-state index in [-0.39, 0.29) is 35.6 Å². The minimum atomic E-state index is -2.94. The van der Waals surface area contributed by atoms with Gasteiger partial charge in [0.15, 0.2) is 0 Å². The summed E-state index contributed by atoms with van der Waals surface area (Å²) >= 11 is 0. The fourth-order valence-electron chi connectivity index (χ4n) is 3.21. The minimum absolute atomic E-state index is 0.127. The maximum atomic E-state index is 13.5. The predicted molar refractivity (Wildman–Crippen MR) is 96.1 cm³/mol. The molecule has 1 aromatic heterocycles. The Morgan fingerprint density at radius 1 is 1.37 bits per heavy atom. The van der Waals surface area contributed by atoms with Gasteiger partial charge in [0.05, 0.1) is 11.5 Å². The molecule has 2 aromatic rings. The number of rotatable bonds is 6. The summed E-state index contributed by atoms with van der Waals surface area (Å²) in [5.74, 6) is 0.280. The average molecular weight is 395 g/mol. The molecule has 0 radical (unpaired) electrons. The minimum Gasteiger partial charge on any atom is -0.354 e. The number of hydrogen-bond acceptors (Lipinski definition) is 6. The van der Waals surface area contributed by atoms with Gasteiger partial charge in [0.1, 0.15) is 27.5 Å². The maximum absolute atomic E-state index is 13.5. The largest absolute Gasteiger partial charge is 0.354 e. The Bertz CT molecular complexity index is 901. The Balaban J connectivity index is 1.69. The van der Waals surface area contributed by atoms with Crippen molar-refractivity contribution in [2.75, 3.05) is 18.1 Å². The zero-order chi connectivity index (χ0) is 19.4. The van der Waals surface area contributed by atoms with E-state index < -0.39 is 15.9 Å². The normalized spacial score (nSPS) is 18.1. The zero-order valence-electron chi connectivity index (χ0n) is 15.0. The molecule has 1 aliphatic rings. The summed E-state index contributed by atoms with van der Waals surface area (Å²) in [6.45, 7) is 2.09. The number of carbonyl (C=O) groups is 1. The number of carbonyl (C=O) groups excluding carboxylic acids is 1. The Labute approximate surface area is 157 Å². The van der Waals surface area contributed by atoms with Crippen LogP contribution in [0.5, 0.6) is 0 Å². The number of amides is 1. The van der Waals surface area contributed by atoms with Gasteiger partial charge in [0, 0.05) is 13.0 Å². The van der Waals surface area contributed by atoms with E-state index in [4.69, 9.17) is 0 Å². The van der Waals surface area contributed by atoms with Crippen molar-refractivity contribution >= 4 is 15.7 Å². The van der Waals surface area contributed by atoms with Crippen LogP contribution in [0.15, 0.2) is 24.3 Å². The summed E-state index contributed by atoms with van der Waals surface area (Å²) < 4.78 is 38.0. The molecule has 8 nitrogen and oxygen atoms in total. The molecule has 1 aliphatic heterocycles. The summed E-state index contributed by atoms with van der Waals surface area (Å²) in [4.78, 5) is 12.8. The van der Waals surface area contributed by atoms with Crippen molar-refractivity contribution in [3.05, 3.63) is 41.5 Å². The fourth-order valence-corrected chi connectivity index (χ4v) is 4.80. The van der Waals surface area contributed by atoms with Crippen molar-refractivity contribution in [1.29, 1.82) is 0 Å². The predicted octanol–water partition coefficient (Wildman–Crippen LogP) is 0.845. The van der Waals surface area contributed by atoms with Gasteiger partial charge < -0.3 is 5.32 Å². The number of benzene rings is 1. The molecular formula is C17H22FN5O3S. The Hall–Kier alpha value is -2.36. The number of nitrogens with zero attached hydrogens (tertiary/aromatic N) is 4. The van der Waals surface area contributed by atoms with Gasteiger partial charge in [0.2, 0.25) is 5.91 Å². The Kier molecular flexibility index (Phi) is 5.83. The van der Waals surface area contributed by atoms with Crippen LogP contribution in [0.1, 0.15) is 30.3 Å². The van der Waals surface area contributed by atoms with Gasteiger partial charge >= 0.3 is 0 Å². The lowest BCUT2D eigenvalue weighted by atomic mass is 10.0. The van der Waals surface area contributed by atoms with E-state index in [1.807, 2.05) is 0 Å². The number of sulfone groups is 1. The molecule has 27 heavy (non-hydrogen) atoms. The smallest absolute Gasteiger partial charge is 0.245 e. The molecule has 10 heteroatoms. The van der Waals surface area contributed by atoms with Gasteiger partial charge in [-0.1, -0.05) is 12.1 Å². The van der Waals surface area contributed by atoms with Crippen LogP contribution in [-0.4, -0.2) is 52.6 Å². The van der Waals surface area contributed by atoms with Gasteiger partial charge in [-0.25, -0.2) is 17.5 Å². The monoisotopic (exact) mass is 395 g/mol. The zero-order valence-corrected chi connectivity index (χ0v) is 15.8. The van der Waals surface area contributed by atoms with Crippen molar-refractivity contribution in [2.45, 2.75) is 32.2 Å². The van der Waals surface area contributed by atoms with Gasteiger partial charge in [-0.3, -0.25) is 4.79 Å². The van der Waals surface area contributed by atoms with E-state index in [2.05, 4.69) is 20.8 Å². The van der Waals surface area contributed by atoms with E-state index >= 15 is 0 Å². The molecule has 3 rings (SSSR count). The number of halogens is 1. The number of hydrogen-bond donors (Lipinski definition) is 1. The second-order valence-electron chi connectivity index (χ2n) is 6.86. The lowest BCUT2D eigenvalue weighted by Crippen LogP contribution is -2.39. The SMILES string of the molecule is Cc1nnnn1C(Cc1cccc(F)c1)C(=O)NCC1CCS(=O)(=O)CC1. The van der Waals surface area contributed by atoms with Crippen LogP contribution in [0, 0.1) is 18.7 Å². The first-order valence-corrected chi connectivity index (χ1v) is 10.6. The second kappa shape index (κ2) is 8.12. The van der Waals surface area contributed by atoms with E-state index in [0.717, 1.165) is 0 Å². The molecule has 146 valence electrons. The van der Waals surface area contributed by atoms with Crippen LogP contribution in [0.25, 0.3) is 0 Å². The lowest BCUT2D eigenvalue weighted by molar-refractivity contribution is -0.124. The molecule has 1 aromatic carbocycles. The lowest BCUT2D eigenvalue weighted by Gasteiger charge is -2.24. The molecule has 0 aliphatic carbocycles. The summed E-state index contributed by atoms with van der Waals surface area (Å²) in [6, 6.07) is 5.35. The summed E-state index contributed by atoms with van der Waals surface area (Å²) in [5, 5.41) is 14.2. The Morgan fingerprint density at radius 3 is 2.74 bits per heavy atom. The van der Waals surface area contributed by atoms with Crippen LogP contribution < -0.4 is 5.32 Å². The third-order valence-corrected chi connectivity index (χ3v) is 6.53. The molecule has 0 bridgehead atoms. The first kappa shape index (κ1) is 19.4. The number of nitrogens with one attached hydrogen (secondary N) is 1. The van der Waals surface area contributed by atoms with Crippen LogP contribution in [0.3, 0.4) is 0 Å². The van der Waals surface area contributed by atoms with Gasteiger partial charge in [0.25, 0.3) is 0 Å². The van der Waals surface area contributed by atoms with Crippen molar-refractivity contribution in [2.24, 2.45) is 5.92 Å². The highest BCUT2D eigenvalue weighted by Crippen LogP contribution is 2.19. The van der Waals surface area contributed by atoms with E-state index in [1.54, 1.807) is 19.1 Å². The molecule has 1 atom stereocenters. The molecule has 1 saturated heterocycles. The standard InChI is InChI=1S/C17H22FN5O3S/c1-12-20-21-22-23(12)16(10-14-3-2-4-15(18)9-14)17(24)19-11-13-5-7-27(25,26)8-6-13/h2-4,9,13,16H,5-8,10-11H2,1H3,(H,19,24). The Morgan fingerprint density at radius 2 is 2.11 bits per heavy atom. The van der Waals surface area contributed by atoms with E-state index in [1.165, 1.54) is 16.8 Å². The first-order chi connectivity index (χ1) is 12.8. The topological polar surface area (TPSA) is 107 Å². The van der Waals surface area contributed by atoms with Gasteiger partial charge in [-0.2, -0.15) is 0 Å². The fraction of sp³-hybridized carbons (Fsp3) is 0.529. The van der Waals surface area contributed by atoms with E-state index in [0.29, 0.717) is 30.8 Å². The second-order valence-corrected chi connectivity index (χ2v) is 9.16. The molecule has 1 N–H and O–H groups in total. The van der Waals surface area contributed by atoms with Crippen LogP contribution in [0.2, 0.25) is 0 Å². The molecule has 1 fully saturated rings. The summed E-state index contributed by atoms with van der Waals surface area (Å²) in [6.07, 6.45) is 1.33. The first-order valence-electron chi connectivity index (χ1n) is 8.81. The number of aromatic nitrogens is 4. The molecule has 2 heterocycles. The highest BCUT2D eigenvalue weighted by atomic mass is 32.2. The van der Waals surface area contributed by atoms with Gasteiger partial charge in [-0.05, 0) is 53.8 Å². The average Bonchev–Trinajstić information content (AvgIpc) is 3.04. The third kappa shape index (κ3) is 5.09.